The van der Waals surface area contributed by atoms with Crippen LogP contribution in [-0.4, -0.2) is 55.7 Å². The van der Waals surface area contributed by atoms with Gasteiger partial charge in [-0.2, -0.15) is 36.7 Å². The van der Waals surface area contributed by atoms with E-state index in [1.807, 2.05) is 0 Å². The third-order valence-electron chi connectivity index (χ3n) is 6.42. The summed E-state index contributed by atoms with van der Waals surface area (Å²) in [4.78, 5) is 32.9. The lowest BCUT2D eigenvalue weighted by Gasteiger charge is -2.37. The van der Waals surface area contributed by atoms with Gasteiger partial charge in [0.1, 0.15) is 5.41 Å². The molecule has 9 nitrogen and oxygen atoms in total. The molecular formula is C24H19F6N7O2. The largest absolute Gasteiger partial charge is 0.471 e. The van der Waals surface area contributed by atoms with Crippen molar-refractivity contribution in [2.45, 2.75) is 37.5 Å². The summed E-state index contributed by atoms with van der Waals surface area (Å²) < 4.78 is 77.7. The molecule has 4 rings (SSSR count). The number of nitrogens with zero attached hydrogens (tertiary/aromatic N) is 6. The first-order valence-electron chi connectivity index (χ1n) is 11.4. The van der Waals surface area contributed by atoms with E-state index < -0.39 is 35.1 Å². The third-order valence-corrected chi connectivity index (χ3v) is 6.42. The zero-order chi connectivity index (χ0) is 28.6. The summed E-state index contributed by atoms with van der Waals surface area (Å²) in [5.41, 5.74) is -1.15. The minimum atomic E-state index is -4.99. The number of carbonyl (C=O) groups is 2. The van der Waals surface area contributed by atoms with Crippen LogP contribution in [0.15, 0.2) is 42.9 Å². The summed E-state index contributed by atoms with van der Waals surface area (Å²) in [6.45, 7) is 1.02. The highest BCUT2D eigenvalue weighted by Gasteiger charge is 2.46. The normalized spacial score (nSPS) is 15.5. The number of rotatable bonds is 4. The van der Waals surface area contributed by atoms with Gasteiger partial charge in [0.2, 0.25) is 0 Å². The molecule has 3 aromatic rings. The molecule has 0 unspecified atom stereocenters. The second kappa shape index (κ2) is 10.0. The number of amides is 2. The van der Waals surface area contributed by atoms with Crippen LogP contribution in [-0.2, 0) is 16.4 Å². The zero-order valence-electron chi connectivity index (χ0n) is 20.1. The molecule has 2 amide bonds. The fourth-order valence-corrected chi connectivity index (χ4v) is 4.19. The summed E-state index contributed by atoms with van der Waals surface area (Å²) in [6, 6.07) is 7.03. The van der Waals surface area contributed by atoms with Crippen LogP contribution in [0, 0.1) is 18.3 Å². The molecule has 39 heavy (non-hydrogen) atoms. The first kappa shape index (κ1) is 27.6. The highest BCUT2D eigenvalue weighted by Crippen LogP contribution is 2.35. The maximum atomic E-state index is 12.8. The fraction of sp³-hybridized carbons (Fsp3) is 0.333. The van der Waals surface area contributed by atoms with E-state index in [0.29, 0.717) is 22.5 Å². The molecule has 1 fully saturated rings. The van der Waals surface area contributed by atoms with E-state index in [2.05, 4.69) is 26.5 Å². The summed E-state index contributed by atoms with van der Waals surface area (Å²) in [5, 5.41) is 16.4. The highest BCUT2D eigenvalue weighted by atomic mass is 19.4. The number of likely N-dealkylation sites (tertiary alicyclic amines) is 1. The highest BCUT2D eigenvalue weighted by molar-refractivity contribution is 6.04. The van der Waals surface area contributed by atoms with Crippen molar-refractivity contribution in [3.05, 3.63) is 65.4 Å². The molecule has 0 atom stereocenters. The Morgan fingerprint density at radius 2 is 1.69 bits per heavy atom. The maximum absolute atomic E-state index is 12.8. The van der Waals surface area contributed by atoms with Gasteiger partial charge in [-0.15, -0.1) is 0 Å². The Bertz CT molecular complexity index is 1420. The lowest BCUT2D eigenvalue weighted by molar-refractivity contribution is -0.186. The van der Waals surface area contributed by atoms with E-state index in [-0.39, 0.29) is 43.0 Å². The molecule has 1 aliphatic rings. The van der Waals surface area contributed by atoms with E-state index in [1.54, 1.807) is 0 Å². The number of anilines is 1. The second-order valence-corrected chi connectivity index (χ2v) is 8.83. The van der Waals surface area contributed by atoms with Crippen LogP contribution in [0.2, 0.25) is 0 Å². The quantitative estimate of drug-likeness (QED) is 0.486. The fourth-order valence-electron chi connectivity index (χ4n) is 4.19. The topological polar surface area (TPSA) is 117 Å². The predicted molar refractivity (Wildman–Crippen MR) is 122 cm³/mol. The summed E-state index contributed by atoms with van der Waals surface area (Å²) in [6.07, 6.45) is -6.44. The molecule has 204 valence electrons. The van der Waals surface area contributed by atoms with E-state index in [9.17, 15) is 41.2 Å². The van der Waals surface area contributed by atoms with Gasteiger partial charge < -0.3 is 10.2 Å². The summed E-state index contributed by atoms with van der Waals surface area (Å²) in [7, 11) is 0. The van der Waals surface area contributed by atoms with Gasteiger partial charge in [0.05, 0.1) is 46.7 Å². The van der Waals surface area contributed by atoms with Crippen LogP contribution in [0.3, 0.4) is 0 Å². The van der Waals surface area contributed by atoms with Crippen molar-refractivity contribution in [1.29, 1.82) is 5.26 Å². The Labute approximate surface area is 217 Å². The molecule has 3 aromatic heterocycles. The lowest BCUT2D eigenvalue weighted by Crippen LogP contribution is -2.49. The van der Waals surface area contributed by atoms with Crippen LogP contribution in [0.4, 0.5) is 32.0 Å². The van der Waals surface area contributed by atoms with Crippen LogP contribution in [0.5, 0.6) is 0 Å². The molecule has 0 bridgehead atoms. The van der Waals surface area contributed by atoms with E-state index in [4.69, 9.17) is 0 Å². The molecule has 1 saturated heterocycles. The molecule has 0 saturated carbocycles. The number of alkyl halides is 6. The average molecular weight is 551 g/mol. The molecule has 0 spiro atoms. The zero-order valence-corrected chi connectivity index (χ0v) is 20.1. The number of nitrogens with one attached hydrogen (secondary N) is 1. The number of pyridine rings is 2. The van der Waals surface area contributed by atoms with Gasteiger partial charge in [-0.05, 0) is 44.0 Å². The molecule has 1 N–H and O–H groups in total. The molecule has 0 aliphatic carbocycles. The van der Waals surface area contributed by atoms with Gasteiger partial charge in [0.25, 0.3) is 5.91 Å². The first-order chi connectivity index (χ1) is 18.2. The first-order valence-corrected chi connectivity index (χ1v) is 11.4. The van der Waals surface area contributed by atoms with Crippen molar-refractivity contribution in [3.63, 3.8) is 0 Å². The molecule has 4 heterocycles. The van der Waals surface area contributed by atoms with Crippen molar-refractivity contribution in [2.75, 3.05) is 18.4 Å². The Kier molecular flexibility index (Phi) is 7.07. The van der Waals surface area contributed by atoms with Gasteiger partial charge >= 0.3 is 18.3 Å². The number of aromatic nitrogens is 4. The summed E-state index contributed by atoms with van der Waals surface area (Å²) >= 11 is 0. The number of nitriles is 1. The number of hydrogen-bond acceptors (Lipinski definition) is 6. The Balaban J connectivity index is 1.44. The average Bonchev–Trinajstić information content (AvgIpc) is 3.29. The Morgan fingerprint density at radius 1 is 1.00 bits per heavy atom. The number of carbonyl (C=O) groups excluding carboxylic acids is 2. The lowest BCUT2D eigenvalue weighted by atomic mass is 9.76. The minimum absolute atomic E-state index is 0.0413. The third kappa shape index (κ3) is 5.54. The molecular weight excluding hydrogens is 532 g/mol. The SMILES string of the molecule is Cc1c(C(=O)Nc2ccc(C3(C#N)CCN(C(=O)C(F)(F)F)CC3)nc2)cnn1-c1ccc(C(F)(F)F)cn1. The van der Waals surface area contributed by atoms with Crippen molar-refractivity contribution < 1.29 is 35.9 Å². The standard InChI is InChI=1S/C24H19F6N7O2/c1-14-17(12-34-37(14)19-5-2-15(10-33-19)23(25,26)27)20(38)35-16-3-4-18(32-11-16)22(13-31)6-8-36(9-7-22)21(39)24(28,29)30/h2-5,10-12H,6-9H2,1H3,(H,35,38). The Hall–Kier alpha value is -4.48. The second-order valence-electron chi connectivity index (χ2n) is 8.83. The van der Waals surface area contributed by atoms with Gasteiger partial charge in [0, 0.05) is 19.3 Å². The Morgan fingerprint density at radius 3 is 2.21 bits per heavy atom. The van der Waals surface area contributed by atoms with Gasteiger partial charge in [-0.1, -0.05) is 0 Å². The summed E-state index contributed by atoms with van der Waals surface area (Å²) in [5.74, 6) is -2.46. The maximum Gasteiger partial charge on any atom is 0.471 e. The predicted octanol–water partition coefficient (Wildman–Crippen LogP) is 4.19. The number of piperidine rings is 1. The van der Waals surface area contributed by atoms with Gasteiger partial charge in [-0.25, -0.2) is 9.67 Å². The van der Waals surface area contributed by atoms with Crippen LogP contribution in [0.1, 0.15) is 40.2 Å². The molecule has 15 heteroatoms. The van der Waals surface area contributed by atoms with E-state index >= 15 is 0 Å². The van der Waals surface area contributed by atoms with Gasteiger partial charge in [0.15, 0.2) is 5.82 Å². The minimum Gasteiger partial charge on any atom is -0.335 e. The molecule has 1 aliphatic heterocycles. The van der Waals surface area contributed by atoms with Crippen molar-refractivity contribution in [2.24, 2.45) is 0 Å². The van der Waals surface area contributed by atoms with E-state index in [1.165, 1.54) is 36.1 Å². The smallest absolute Gasteiger partial charge is 0.335 e. The van der Waals surface area contributed by atoms with Crippen LogP contribution in [0.25, 0.3) is 5.82 Å². The van der Waals surface area contributed by atoms with E-state index in [0.717, 1.165) is 12.1 Å². The monoisotopic (exact) mass is 551 g/mol. The molecule has 0 aromatic carbocycles. The van der Waals surface area contributed by atoms with Gasteiger partial charge in [-0.3, -0.25) is 14.6 Å². The van der Waals surface area contributed by atoms with Crippen LogP contribution >= 0.6 is 0 Å². The van der Waals surface area contributed by atoms with Crippen LogP contribution < -0.4 is 5.32 Å². The molecule has 0 radical (unpaired) electrons. The number of halogens is 6. The number of hydrogen-bond donors (Lipinski definition) is 1. The van der Waals surface area contributed by atoms with Crippen molar-refractivity contribution >= 4 is 17.5 Å². The van der Waals surface area contributed by atoms with Crippen molar-refractivity contribution in [3.8, 4) is 11.9 Å². The van der Waals surface area contributed by atoms with Crippen molar-refractivity contribution in [1.82, 2.24) is 24.6 Å².